The molecule has 82 valence electrons. The Hall–Kier alpha value is -0.850. The number of rotatable bonds is 2. The topological polar surface area (TPSA) is 41.1 Å². The molecule has 1 heterocycles. The van der Waals surface area contributed by atoms with Gasteiger partial charge in [-0.2, -0.15) is 13.2 Å². The summed E-state index contributed by atoms with van der Waals surface area (Å²) >= 11 is 0. The lowest BCUT2D eigenvalue weighted by Crippen LogP contribution is -2.43. The van der Waals surface area contributed by atoms with Gasteiger partial charge in [0.05, 0.1) is 6.04 Å². The van der Waals surface area contributed by atoms with Gasteiger partial charge in [-0.25, -0.2) is 4.39 Å². The first-order chi connectivity index (χ1) is 6.38. The van der Waals surface area contributed by atoms with Crippen molar-refractivity contribution in [3.63, 3.8) is 0 Å². The van der Waals surface area contributed by atoms with Gasteiger partial charge < -0.3 is 10.6 Å². The summed E-state index contributed by atoms with van der Waals surface area (Å²) in [4.78, 5) is 11.0. The molecule has 1 aliphatic heterocycles. The van der Waals surface area contributed by atoms with Gasteiger partial charge in [0.1, 0.15) is 12.7 Å². The monoisotopic (exact) mass is 214 g/mol. The lowest BCUT2D eigenvalue weighted by Gasteiger charge is -2.12. The van der Waals surface area contributed by atoms with Gasteiger partial charge in [0.15, 0.2) is 0 Å². The van der Waals surface area contributed by atoms with Crippen molar-refractivity contribution in [3.8, 4) is 0 Å². The van der Waals surface area contributed by atoms with Gasteiger partial charge in [0.25, 0.3) is 0 Å². The first-order valence-corrected chi connectivity index (χ1v) is 4.10. The molecule has 1 aliphatic rings. The van der Waals surface area contributed by atoms with Gasteiger partial charge in [-0.05, 0) is 0 Å². The molecule has 0 bridgehead atoms. The second kappa shape index (κ2) is 4.12. The number of hydrogen-bond donors (Lipinski definition) is 2. The summed E-state index contributed by atoms with van der Waals surface area (Å²) in [5, 5.41) is 4.18. The van der Waals surface area contributed by atoms with E-state index in [1.165, 1.54) is 0 Å². The fourth-order valence-electron chi connectivity index (χ4n) is 1.20. The molecule has 1 saturated heterocycles. The summed E-state index contributed by atoms with van der Waals surface area (Å²) in [6.07, 6.45) is -5.65. The van der Waals surface area contributed by atoms with Crippen LogP contribution in [0.1, 0.15) is 6.42 Å². The zero-order valence-electron chi connectivity index (χ0n) is 7.20. The highest BCUT2D eigenvalue weighted by atomic mass is 19.4. The number of alkyl halides is 4. The van der Waals surface area contributed by atoms with E-state index < -0.39 is 30.8 Å². The van der Waals surface area contributed by atoms with Gasteiger partial charge >= 0.3 is 6.18 Å². The normalized spacial score (nSPS) is 27.7. The van der Waals surface area contributed by atoms with E-state index in [-0.39, 0.29) is 13.0 Å². The smallest absolute Gasteiger partial charge is 0.346 e. The lowest BCUT2D eigenvalue weighted by molar-refractivity contribution is -0.139. The largest absolute Gasteiger partial charge is 0.405 e. The Morgan fingerprint density at radius 2 is 2.14 bits per heavy atom. The van der Waals surface area contributed by atoms with Gasteiger partial charge in [-0.3, -0.25) is 4.79 Å². The zero-order chi connectivity index (χ0) is 10.8. The maximum Gasteiger partial charge on any atom is 0.405 e. The van der Waals surface area contributed by atoms with Crippen molar-refractivity contribution in [1.29, 1.82) is 0 Å². The molecule has 14 heavy (non-hydrogen) atoms. The fourth-order valence-corrected chi connectivity index (χ4v) is 1.20. The fraction of sp³-hybridized carbons (Fsp3) is 0.857. The van der Waals surface area contributed by atoms with E-state index >= 15 is 0 Å². The summed E-state index contributed by atoms with van der Waals surface area (Å²) in [5.41, 5.74) is 0. The standard InChI is InChI=1S/C7H10F4N2O/c8-4-1-5(12-2-4)6(14)13-3-7(9,10)11/h4-5,12H,1-3H2,(H,13,14)/t4-,5+/m0/s1. The van der Waals surface area contributed by atoms with Crippen LogP contribution in [0.4, 0.5) is 17.6 Å². The summed E-state index contributed by atoms with van der Waals surface area (Å²) in [6, 6.07) is -0.840. The van der Waals surface area contributed by atoms with Crippen LogP contribution in [0.25, 0.3) is 0 Å². The van der Waals surface area contributed by atoms with Gasteiger partial charge in [0.2, 0.25) is 5.91 Å². The van der Waals surface area contributed by atoms with Crippen LogP contribution in [-0.2, 0) is 4.79 Å². The molecule has 7 heteroatoms. The zero-order valence-corrected chi connectivity index (χ0v) is 7.20. The molecule has 0 aromatic heterocycles. The van der Waals surface area contributed by atoms with Crippen LogP contribution in [-0.4, -0.2) is 37.4 Å². The van der Waals surface area contributed by atoms with Gasteiger partial charge in [-0.15, -0.1) is 0 Å². The maximum atomic E-state index is 12.5. The Morgan fingerprint density at radius 1 is 1.50 bits per heavy atom. The summed E-state index contributed by atoms with van der Waals surface area (Å²) in [6.45, 7) is -1.36. The van der Waals surface area contributed by atoms with Crippen LogP contribution >= 0.6 is 0 Å². The Labute approximate surface area is 77.8 Å². The number of carbonyl (C=O) groups excluding carboxylic acids is 1. The van der Waals surface area contributed by atoms with E-state index in [2.05, 4.69) is 5.32 Å². The highest BCUT2D eigenvalue weighted by molar-refractivity contribution is 5.82. The molecule has 0 aliphatic carbocycles. The number of amides is 1. The van der Waals surface area contributed by atoms with Gasteiger partial charge in [-0.1, -0.05) is 0 Å². The summed E-state index contributed by atoms with van der Waals surface area (Å²) in [7, 11) is 0. The van der Waals surface area contributed by atoms with Crippen molar-refractivity contribution in [1.82, 2.24) is 10.6 Å². The maximum absolute atomic E-state index is 12.5. The minimum atomic E-state index is -4.43. The second-order valence-electron chi connectivity index (χ2n) is 3.13. The highest BCUT2D eigenvalue weighted by Gasteiger charge is 2.32. The van der Waals surface area contributed by atoms with Crippen molar-refractivity contribution in [2.75, 3.05) is 13.1 Å². The third-order valence-electron chi connectivity index (χ3n) is 1.86. The van der Waals surface area contributed by atoms with Crippen molar-refractivity contribution >= 4 is 5.91 Å². The van der Waals surface area contributed by atoms with Crippen LogP contribution in [0.3, 0.4) is 0 Å². The summed E-state index contributed by atoms with van der Waals surface area (Å²) in [5.74, 6) is -0.803. The quantitative estimate of drug-likeness (QED) is 0.652. The Bertz CT molecular complexity index is 218. The van der Waals surface area contributed by atoms with E-state index in [9.17, 15) is 22.4 Å². The Balaban J connectivity index is 2.29. The van der Waals surface area contributed by atoms with Crippen molar-refractivity contribution < 1.29 is 22.4 Å². The molecule has 1 fully saturated rings. The van der Waals surface area contributed by atoms with E-state index in [4.69, 9.17) is 0 Å². The average molecular weight is 214 g/mol. The Kier molecular flexibility index (Phi) is 3.30. The minimum absolute atomic E-state index is 0.0180. The van der Waals surface area contributed by atoms with E-state index in [1.54, 1.807) is 5.32 Å². The molecule has 0 aromatic rings. The molecule has 1 rings (SSSR count). The third kappa shape index (κ3) is 3.49. The van der Waals surface area contributed by atoms with E-state index in [1.807, 2.05) is 0 Å². The highest BCUT2D eigenvalue weighted by Crippen LogP contribution is 2.13. The van der Waals surface area contributed by atoms with Gasteiger partial charge in [0, 0.05) is 13.0 Å². The molecular weight excluding hydrogens is 204 g/mol. The molecule has 3 nitrogen and oxygen atoms in total. The molecule has 0 aromatic carbocycles. The SMILES string of the molecule is O=C(NCC(F)(F)F)[C@H]1C[C@H](F)CN1. The van der Waals surface area contributed by atoms with E-state index in [0.717, 1.165) is 0 Å². The average Bonchev–Trinajstić information content (AvgIpc) is 2.46. The Morgan fingerprint density at radius 3 is 2.57 bits per heavy atom. The van der Waals surface area contributed by atoms with Crippen LogP contribution in [0.15, 0.2) is 0 Å². The van der Waals surface area contributed by atoms with Crippen molar-refractivity contribution in [3.05, 3.63) is 0 Å². The minimum Gasteiger partial charge on any atom is -0.346 e. The van der Waals surface area contributed by atoms with Crippen LogP contribution in [0, 0.1) is 0 Å². The number of hydrogen-bond acceptors (Lipinski definition) is 2. The van der Waals surface area contributed by atoms with Crippen molar-refractivity contribution in [2.24, 2.45) is 0 Å². The molecule has 0 saturated carbocycles. The number of carbonyl (C=O) groups is 1. The molecule has 0 unspecified atom stereocenters. The van der Waals surface area contributed by atoms with Crippen LogP contribution < -0.4 is 10.6 Å². The van der Waals surface area contributed by atoms with Crippen molar-refractivity contribution in [2.45, 2.75) is 24.8 Å². The molecule has 0 spiro atoms. The second-order valence-corrected chi connectivity index (χ2v) is 3.13. The lowest BCUT2D eigenvalue weighted by atomic mass is 10.2. The molecule has 1 amide bonds. The summed E-state index contributed by atoms with van der Waals surface area (Å²) < 4.78 is 47.6. The molecular formula is C7H10F4N2O. The first kappa shape index (κ1) is 11.2. The number of halogens is 4. The molecule has 2 N–H and O–H groups in total. The van der Waals surface area contributed by atoms with Crippen LogP contribution in [0.2, 0.25) is 0 Å². The molecule has 2 atom stereocenters. The number of nitrogens with one attached hydrogen (secondary N) is 2. The first-order valence-electron chi connectivity index (χ1n) is 4.10. The predicted molar refractivity (Wildman–Crippen MR) is 40.4 cm³/mol. The van der Waals surface area contributed by atoms with E-state index in [0.29, 0.717) is 0 Å². The van der Waals surface area contributed by atoms with Crippen LogP contribution in [0.5, 0.6) is 0 Å². The molecule has 0 radical (unpaired) electrons. The predicted octanol–water partition coefficient (Wildman–Crippen LogP) is 0.365. The third-order valence-corrected chi connectivity index (χ3v) is 1.86.